The lowest BCUT2D eigenvalue weighted by atomic mass is 9.80. The van der Waals surface area contributed by atoms with E-state index in [1.807, 2.05) is 0 Å². The number of hydrogen-bond acceptors (Lipinski definition) is 6. The summed E-state index contributed by atoms with van der Waals surface area (Å²) in [6.45, 7) is 2.41. The van der Waals surface area contributed by atoms with Gasteiger partial charge in [0, 0.05) is 44.4 Å². The summed E-state index contributed by atoms with van der Waals surface area (Å²) in [5.41, 5.74) is 0.411. The molecular weight excluding hydrogens is 471 g/mol. The fourth-order valence-electron chi connectivity index (χ4n) is 3.54. The highest BCUT2D eigenvalue weighted by Crippen LogP contribution is 2.52. The van der Waals surface area contributed by atoms with Gasteiger partial charge >= 0.3 is 17.9 Å². The Hall–Kier alpha value is -3.55. The Balaban J connectivity index is 2.06. The van der Waals surface area contributed by atoms with Gasteiger partial charge in [-0.1, -0.05) is 41.4 Å². The lowest BCUT2D eigenvalue weighted by Gasteiger charge is -2.30. The standard InChI is InChI=1S/C24H16Cl2O7/c1-11(27)31-21-9-19-15(7-17(21)25)23(13-5-3-4-6-14(13)24(29)30)16-8-18(26)22(32-12(2)28)10-20(16)33-19/h3-10,23H,1-2H3,(H,29,30)/i23D. The van der Waals surface area contributed by atoms with E-state index in [2.05, 4.69) is 0 Å². The zero-order valence-corrected chi connectivity index (χ0v) is 18.8. The first-order chi connectivity index (χ1) is 16.0. The van der Waals surface area contributed by atoms with Crippen LogP contribution in [-0.2, 0) is 9.59 Å². The lowest BCUT2D eigenvalue weighted by Crippen LogP contribution is -2.16. The first kappa shape index (κ1) is 21.3. The number of carboxylic acids is 1. The predicted molar refractivity (Wildman–Crippen MR) is 120 cm³/mol. The zero-order valence-electron chi connectivity index (χ0n) is 18.3. The van der Waals surface area contributed by atoms with Crippen LogP contribution in [0, 0.1) is 0 Å². The van der Waals surface area contributed by atoms with E-state index in [4.69, 9.17) is 37.4 Å². The maximum atomic E-state index is 12.0. The zero-order chi connectivity index (χ0) is 24.8. The number of benzene rings is 3. The van der Waals surface area contributed by atoms with Crippen molar-refractivity contribution in [2.75, 3.05) is 0 Å². The summed E-state index contributed by atoms with van der Waals surface area (Å²) in [5.74, 6) is -4.13. The minimum Gasteiger partial charge on any atom is -0.478 e. The van der Waals surface area contributed by atoms with Crippen LogP contribution in [0.5, 0.6) is 23.0 Å². The Kier molecular flexibility index (Phi) is 5.66. The van der Waals surface area contributed by atoms with Crippen molar-refractivity contribution in [3.05, 3.63) is 80.8 Å². The lowest BCUT2D eigenvalue weighted by molar-refractivity contribution is -0.132. The Morgan fingerprint density at radius 1 is 0.879 bits per heavy atom. The SMILES string of the molecule is [2H]C1(c2ccccc2C(=O)O)c2cc(Cl)c(OC(C)=O)cc2Oc2cc(OC(C)=O)c(Cl)cc21. The van der Waals surface area contributed by atoms with E-state index in [0.29, 0.717) is 0 Å². The number of carboxylic acid groups (broad SMARTS) is 1. The maximum Gasteiger partial charge on any atom is 0.335 e. The molecule has 33 heavy (non-hydrogen) atoms. The third-order valence-corrected chi connectivity index (χ3v) is 5.35. The third kappa shape index (κ3) is 4.37. The van der Waals surface area contributed by atoms with Crippen LogP contribution in [0.15, 0.2) is 48.5 Å². The number of aromatic carboxylic acids is 1. The van der Waals surface area contributed by atoms with Gasteiger partial charge in [-0.05, 0) is 23.8 Å². The molecule has 0 atom stereocenters. The molecule has 0 bridgehead atoms. The monoisotopic (exact) mass is 487 g/mol. The van der Waals surface area contributed by atoms with Gasteiger partial charge in [0.05, 0.1) is 15.6 Å². The van der Waals surface area contributed by atoms with Crippen molar-refractivity contribution in [2.24, 2.45) is 0 Å². The molecule has 0 aliphatic carbocycles. The molecule has 1 heterocycles. The molecule has 0 saturated heterocycles. The van der Waals surface area contributed by atoms with Gasteiger partial charge in [-0.15, -0.1) is 0 Å². The largest absolute Gasteiger partial charge is 0.478 e. The maximum absolute atomic E-state index is 12.0. The molecule has 0 fully saturated rings. The van der Waals surface area contributed by atoms with Crippen molar-refractivity contribution in [3.63, 3.8) is 0 Å². The number of rotatable bonds is 4. The van der Waals surface area contributed by atoms with E-state index >= 15 is 0 Å². The van der Waals surface area contributed by atoms with Crippen LogP contribution in [0.1, 0.15) is 48.2 Å². The molecule has 0 radical (unpaired) electrons. The third-order valence-electron chi connectivity index (χ3n) is 4.76. The number of esters is 2. The van der Waals surface area contributed by atoms with E-state index in [0.717, 1.165) is 0 Å². The van der Waals surface area contributed by atoms with Gasteiger partial charge in [0.25, 0.3) is 0 Å². The van der Waals surface area contributed by atoms with Gasteiger partial charge in [-0.25, -0.2) is 4.79 Å². The molecule has 0 saturated carbocycles. The normalized spacial score (nSPS) is 13.6. The van der Waals surface area contributed by atoms with Crippen molar-refractivity contribution in [2.45, 2.75) is 19.7 Å². The van der Waals surface area contributed by atoms with Gasteiger partial charge in [-0.3, -0.25) is 9.59 Å². The van der Waals surface area contributed by atoms with Crippen molar-refractivity contribution < 1.29 is 35.1 Å². The number of halogens is 2. The molecule has 0 unspecified atom stereocenters. The van der Waals surface area contributed by atoms with Crippen LogP contribution in [-0.4, -0.2) is 23.0 Å². The molecule has 1 aliphatic heterocycles. The molecule has 7 nitrogen and oxygen atoms in total. The van der Waals surface area contributed by atoms with Crippen molar-refractivity contribution in [1.29, 1.82) is 0 Å². The number of hydrogen-bond donors (Lipinski definition) is 1. The first-order valence-electron chi connectivity index (χ1n) is 10.1. The molecule has 0 amide bonds. The van der Waals surface area contributed by atoms with E-state index in [-0.39, 0.29) is 55.3 Å². The van der Waals surface area contributed by atoms with Gasteiger partial charge in [0.2, 0.25) is 0 Å². The Morgan fingerprint density at radius 2 is 1.36 bits per heavy atom. The molecule has 9 heteroatoms. The van der Waals surface area contributed by atoms with Crippen LogP contribution >= 0.6 is 23.2 Å². The summed E-state index contributed by atoms with van der Waals surface area (Å²) in [4.78, 5) is 35.0. The minimum atomic E-state index is -1.85. The molecule has 3 aromatic rings. The number of carbonyl (C=O) groups excluding carboxylic acids is 2. The Bertz CT molecular complexity index is 1300. The summed E-state index contributed by atoms with van der Waals surface area (Å²) >= 11 is 12.7. The highest BCUT2D eigenvalue weighted by Gasteiger charge is 2.34. The summed E-state index contributed by atoms with van der Waals surface area (Å²) < 4.78 is 25.9. The first-order valence-corrected chi connectivity index (χ1v) is 10.3. The second-order valence-electron chi connectivity index (χ2n) is 7.07. The van der Waals surface area contributed by atoms with Gasteiger partial charge < -0.3 is 19.3 Å². The van der Waals surface area contributed by atoms with E-state index in [9.17, 15) is 20.9 Å². The summed E-state index contributed by atoms with van der Waals surface area (Å²) in [5, 5.41) is 9.86. The number of ether oxygens (including phenoxy) is 3. The second-order valence-corrected chi connectivity index (χ2v) is 7.89. The van der Waals surface area contributed by atoms with Crippen LogP contribution in [0.4, 0.5) is 0 Å². The molecule has 168 valence electrons. The number of carbonyl (C=O) groups is 3. The molecular formula is C24H16Cl2O7. The smallest absolute Gasteiger partial charge is 0.335 e. The molecule has 4 rings (SSSR count). The average Bonchev–Trinajstić information content (AvgIpc) is 2.76. The highest BCUT2D eigenvalue weighted by atomic mass is 35.5. The highest BCUT2D eigenvalue weighted by molar-refractivity contribution is 6.32. The van der Waals surface area contributed by atoms with Crippen LogP contribution < -0.4 is 14.2 Å². The summed E-state index contributed by atoms with van der Waals surface area (Å²) in [6, 6.07) is 11.5. The molecule has 0 aromatic heterocycles. The Labute approximate surface area is 199 Å². The quantitative estimate of drug-likeness (QED) is 0.365. The second kappa shape index (κ2) is 8.77. The molecule has 1 N–H and O–H groups in total. The average molecular weight is 488 g/mol. The van der Waals surface area contributed by atoms with Crippen molar-refractivity contribution in [3.8, 4) is 23.0 Å². The molecule has 0 spiro atoms. The summed E-state index contributed by atoms with van der Waals surface area (Å²) in [7, 11) is 0. The number of fused-ring (bicyclic) bond motifs is 2. The van der Waals surface area contributed by atoms with Crippen molar-refractivity contribution >= 4 is 41.1 Å². The van der Waals surface area contributed by atoms with E-state index < -0.39 is 23.8 Å². The van der Waals surface area contributed by atoms with E-state index in [1.54, 1.807) is 12.1 Å². The predicted octanol–water partition coefficient (Wildman–Crippen LogP) is 5.83. The van der Waals surface area contributed by atoms with Gasteiger partial charge in [0.15, 0.2) is 11.5 Å². The fourth-order valence-corrected chi connectivity index (χ4v) is 3.94. The molecule has 3 aromatic carbocycles. The van der Waals surface area contributed by atoms with Crippen molar-refractivity contribution in [1.82, 2.24) is 0 Å². The minimum absolute atomic E-state index is 0.000547. The fraction of sp³-hybridized carbons (Fsp3) is 0.125. The summed E-state index contributed by atoms with van der Waals surface area (Å²) in [6.07, 6.45) is 0. The topological polar surface area (TPSA) is 99.1 Å². The van der Waals surface area contributed by atoms with Crippen LogP contribution in [0.3, 0.4) is 0 Å². The van der Waals surface area contributed by atoms with Crippen LogP contribution in [0.25, 0.3) is 0 Å². The van der Waals surface area contributed by atoms with E-state index in [1.165, 1.54) is 50.2 Å². The molecule has 1 aliphatic rings. The van der Waals surface area contributed by atoms with Gasteiger partial charge in [0.1, 0.15) is 11.5 Å². The van der Waals surface area contributed by atoms with Crippen LogP contribution in [0.2, 0.25) is 10.0 Å². The Morgan fingerprint density at radius 3 is 1.82 bits per heavy atom. The van der Waals surface area contributed by atoms with Gasteiger partial charge in [-0.2, -0.15) is 0 Å².